The van der Waals surface area contributed by atoms with Crippen LogP contribution < -0.4 is 21.5 Å². The Morgan fingerprint density at radius 3 is 2.57 bits per heavy atom. The van der Waals surface area contributed by atoms with Crippen LogP contribution in [0.5, 0.6) is 0 Å². The molecule has 1 aromatic carbocycles. The molecular weight excluding hydrogens is 466 g/mol. The lowest BCUT2D eigenvalue weighted by Crippen LogP contribution is -2.45. The fraction of sp³-hybridized carbons (Fsp3) is 0.400. The molecule has 2 aromatic heterocycles. The molecule has 9 nitrogen and oxygen atoms in total. The van der Waals surface area contributed by atoms with Gasteiger partial charge in [0.15, 0.2) is 0 Å². The Morgan fingerprint density at radius 1 is 1.20 bits per heavy atom. The van der Waals surface area contributed by atoms with Crippen molar-refractivity contribution in [2.75, 3.05) is 11.9 Å². The van der Waals surface area contributed by atoms with Crippen molar-refractivity contribution in [3.63, 3.8) is 0 Å². The SMILES string of the molecule is Cc1nc2c(CNC(=O)CNc3ccc(C(C)(C)C)cc3)scc2c(=O)n1C1CCC(=O)NC1=O. The van der Waals surface area contributed by atoms with Gasteiger partial charge in [-0.25, -0.2) is 4.98 Å². The van der Waals surface area contributed by atoms with Crippen LogP contribution in [0.1, 0.15) is 55.9 Å². The standard InChI is InChI=1S/C25H29N5O4S/c1-14-28-22-17(24(34)30(14)18-9-10-20(31)29-23(18)33)13-35-19(22)11-27-21(32)12-26-16-7-5-15(6-8-16)25(2,3)4/h5-8,13,18,26H,9-12H2,1-4H3,(H,27,32)(H,29,31,33). The zero-order chi connectivity index (χ0) is 25.3. The second kappa shape index (κ2) is 9.61. The molecule has 1 atom stereocenters. The van der Waals surface area contributed by atoms with Gasteiger partial charge >= 0.3 is 0 Å². The van der Waals surface area contributed by atoms with Gasteiger partial charge in [0.2, 0.25) is 17.7 Å². The van der Waals surface area contributed by atoms with Crippen LogP contribution in [0.25, 0.3) is 10.9 Å². The molecule has 3 aromatic rings. The Bertz CT molecular complexity index is 1350. The number of nitrogens with zero attached hydrogens (tertiary/aromatic N) is 2. The van der Waals surface area contributed by atoms with Crippen molar-refractivity contribution >= 4 is 45.6 Å². The quantitative estimate of drug-likeness (QED) is 0.452. The first-order valence-electron chi connectivity index (χ1n) is 11.5. The molecule has 0 aliphatic carbocycles. The number of hydrogen-bond acceptors (Lipinski definition) is 7. The molecule has 0 spiro atoms. The van der Waals surface area contributed by atoms with Crippen molar-refractivity contribution < 1.29 is 14.4 Å². The van der Waals surface area contributed by atoms with E-state index in [0.29, 0.717) is 16.7 Å². The molecule has 1 aliphatic heterocycles. The van der Waals surface area contributed by atoms with E-state index in [4.69, 9.17) is 0 Å². The lowest BCUT2D eigenvalue weighted by atomic mass is 9.87. The van der Waals surface area contributed by atoms with Crippen molar-refractivity contribution in [3.8, 4) is 0 Å². The Hall–Kier alpha value is -3.53. The Morgan fingerprint density at radius 2 is 1.91 bits per heavy atom. The van der Waals surface area contributed by atoms with Gasteiger partial charge in [-0.1, -0.05) is 32.9 Å². The fourth-order valence-corrected chi connectivity index (χ4v) is 4.99. The zero-order valence-corrected chi connectivity index (χ0v) is 21.0. The molecule has 1 fully saturated rings. The maximum Gasteiger partial charge on any atom is 0.262 e. The lowest BCUT2D eigenvalue weighted by molar-refractivity contribution is -0.135. The summed E-state index contributed by atoms with van der Waals surface area (Å²) in [4.78, 5) is 54.6. The van der Waals surface area contributed by atoms with E-state index in [9.17, 15) is 19.2 Å². The van der Waals surface area contributed by atoms with Gasteiger partial charge in [-0.2, -0.15) is 0 Å². The van der Waals surface area contributed by atoms with E-state index in [1.807, 2.05) is 24.3 Å². The monoisotopic (exact) mass is 495 g/mol. The van der Waals surface area contributed by atoms with Crippen molar-refractivity contribution in [1.82, 2.24) is 20.2 Å². The van der Waals surface area contributed by atoms with Gasteiger partial charge < -0.3 is 10.6 Å². The highest BCUT2D eigenvalue weighted by Crippen LogP contribution is 2.25. The molecule has 4 rings (SSSR count). The van der Waals surface area contributed by atoms with E-state index < -0.39 is 11.9 Å². The van der Waals surface area contributed by atoms with Gasteiger partial charge in [0.05, 0.1) is 28.9 Å². The summed E-state index contributed by atoms with van der Waals surface area (Å²) in [5.41, 5.74) is 2.34. The highest BCUT2D eigenvalue weighted by Gasteiger charge is 2.30. The van der Waals surface area contributed by atoms with Crippen molar-refractivity contribution in [1.29, 1.82) is 0 Å². The van der Waals surface area contributed by atoms with Crippen LogP contribution >= 0.6 is 11.3 Å². The summed E-state index contributed by atoms with van der Waals surface area (Å²) < 4.78 is 1.36. The number of nitrogens with one attached hydrogen (secondary N) is 3. The van der Waals surface area contributed by atoms with Gasteiger partial charge in [-0.05, 0) is 36.5 Å². The van der Waals surface area contributed by atoms with Crippen LogP contribution in [-0.2, 0) is 26.3 Å². The number of rotatable bonds is 6. The first-order chi connectivity index (χ1) is 16.5. The minimum absolute atomic E-state index is 0.0663. The molecule has 1 aliphatic rings. The second-order valence-corrected chi connectivity index (χ2v) is 10.6. The third kappa shape index (κ3) is 5.27. The van der Waals surface area contributed by atoms with Crippen LogP contribution in [0.15, 0.2) is 34.4 Å². The predicted molar refractivity (Wildman–Crippen MR) is 136 cm³/mol. The first kappa shape index (κ1) is 24.6. The summed E-state index contributed by atoms with van der Waals surface area (Å²) in [6, 6.07) is 7.26. The number of aryl methyl sites for hydroxylation is 1. The van der Waals surface area contributed by atoms with Crippen molar-refractivity contribution in [3.05, 3.63) is 56.3 Å². The minimum Gasteiger partial charge on any atom is -0.376 e. The fourth-order valence-electron chi connectivity index (χ4n) is 4.09. The third-order valence-electron chi connectivity index (χ3n) is 6.08. The van der Waals surface area contributed by atoms with Crippen LogP contribution in [0.4, 0.5) is 5.69 Å². The van der Waals surface area contributed by atoms with Crippen LogP contribution in [0, 0.1) is 6.92 Å². The molecule has 184 valence electrons. The summed E-state index contributed by atoms with van der Waals surface area (Å²) in [5, 5.41) is 10.4. The zero-order valence-electron chi connectivity index (χ0n) is 20.2. The molecule has 3 amide bonds. The number of amides is 3. The van der Waals surface area contributed by atoms with Gasteiger partial charge in [0.1, 0.15) is 11.9 Å². The number of carbonyl (C=O) groups excluding carboxylic acids is 3. The smallest absolute Gasteiger partial charge is 0.262 e. The number of hydrogen-bond donors (Lipinski definition) is 3. The highest BCUT2D eigenvalue weighted by molar-refractivity contribution is 7.11. The first-order valence-corrected chi connectivity index (χ1v) is 12.4. The normalized spacial score (nSPS) is 16.3. The van der Waals surface area contributed by atoms with Crippen molar-refractivity contribution in [2.24, 2.45) is 0 Å². The average molecular weight is 496 g/mol. The molecular formula is C25H29N5O4S. The minimum atomic E-state index is -0.760. The Labute approximate surface area is 206 Å². The van der Waals surface area contributed by atoms with Crippen LogP contribution in [-0.4, -0.2) is 33.8 Å². The van der Waals surface area contributed by atoms with E-state index in [-0.39, 0.29) is 48.7 Å². The number of piperidine rings is 1. The number of aromatic nitrogens is 2. The Kier molecular flexibility index (Phi) is 6.75. The van der Waals surface area contributed by atoms with E-state index >= 15 is 0 Å². The molecule has 0 bridgehead atoms. The summed E-state index contributed by atoms with van der Waals surface area (Å²) in [6.45, 7) is 8.48. The predicted octanol–water partition coefficient (Wildman–Crippen LogP) is 2.77. The van der Waals surface area contributed by atoms with Gasteiger partial charge in [-0.15, -0.1) is 11.3 Å². The summed E-state index contributed by atoms with van der Waals surface area (Å²) >= 11 is 1.34. The molecule has 1 unspecified atom stereocenters. The summed E-state index contributed by atoms with van der Waals surface area (Å²) in [6.07, 6.45) is 0.438. The molecule has 10 heteroatoms. The molecule has 3 N–H and O–H groups in total. The highest BCUT2D eigenvalue weighted by atomic mass is 32.1. The number of thiophene rings is 1. The van der Waals surface area contributed by atoms with Crippen LogP contribution in [0.3, 0.4) is 0 Å². The molecule has 0 saturated carbocycles. The lowest BCUT2D eigenvalue weighted by Gasteiger charge is -2.24. The van der Waals surface area contributed by atoms with Gasteiger partial charge in [-0.3, -0.25) is 29.1 Å². The maximum atomic E-state index is 13.1. The number of benzene rings is 1. The summed E-state index contributed by atoms with van der Waals surface area (Å²) in [7, 11) is 0. The van der Waals surface area contributed by atoms with Gasteiger partial charge in [0.25, 0.3) is 5.56 Å². The molecule has 1 saturated heterocycles. The molecule has 35 heavy (non-hydrogen) atoms. The van der Waals surface area contributed by atoms with Crippen LogP contribution in [0.2, 0.25) is 0 Å². The van der Waals surface area contributed by atoms with E-state index in [0.717, 1.165) is 10.6 Å². The number of imide groups is 1. The number of carbonyl (C=O) groups is 3. The van der Waals surface area contributed by atoms with Crippen molar-refractivity contribution in [2.45, 2.75) is 58.5 Å². The Balaban J connectivity index is 1.42. The molecule has 0 radical (unpaired) electrons. The maximum absolute atomic E-state index is 13.1. The third-order valence-corrected chi connectivity index (χ3v) is 7.06. The number of fused-ring (bicyclic) bond motifs is 1. The van der Waals surface area contributed by atoms with E-state index in [1.165, 1.54) is 21.5 Å². The second-order valence-electron chi connectivity index (χ2n) is 9.68. The van der Waals surface area contributed by atoms with E-state index in [1.54, 1.807) is 12.3 Å². The molecule has 3 heterocycles. The topological polar surface area (TPSA) is 122 Å². The average Bonchev–Trinajstić information content (AvgIpc) is 3.20. The summed E-state index contributed by atoms with van der Waals surface area (Å²) in [5.74, 6) is -0.616. The van der Waals surface area contributed by atoms with E-state index in [2.05, 4.69) is 41.7 Å². The number of anilines is 1. The van der Waals surface area contributed by atoms with Gasteiger partial charge in [0, 0.05) is 17.5 Å². The largest absolute Gasteiger partial charge is 0.376 e.